The van der Waals surface area contributed by atoms with Crippen molar-refractivity contribution in [3.05, 3.63) is 11.8 Å². The first-order chi connectivity index (χ1) is 4.93. The van der Waals surface area contributed by atoms with E-state index in [0.29, 0.717) is 4.90 Å². The maximum atomic E-state index is 12.2. The zero-order chi connectivity index (χ0) is 8.65. The molecule has 0 atom stereocenters. The molecule has 1 nitrogen and oxygen atoms in total. The van der Waals surface area contributed by atoms with Crippen molar-refractivity contribution >= 4 is 0 Å². The molecule has 1 saturated heterocycles. The molecule has 1 aliphatic rings. The zero-order valence-electron chi connectivity index (χ0n) is 5.25. The Hall–Kier alpha value is -0.810. The Morgan fingerprint density at radius 3 is 1.82 bits per heavy atom. The molecule has 1 rings (SSSR count). The Labute approximate surface area is 59.1 Å². The molecule has 1 fully saturated rings. The van der Waals surface area contributed by atoms with Gasteiger partial charge >= 0.3 is 6.18 Å². The number of hydrogen-bond donors (Lipinski definition) is 0. The first kappa shape index (κ1) is 8.29. The molecule has 64 valence electrons. The molecule has 0 amide bonds. The molecule has 0 radical (unpaired) electrons. The molecule has 0 spiro atoms. The summed E-state index contributed by atoms with van der Waals surface area (Å²) in [6.07, 6.45) is -5.20. The van der Waals surface area contributed by atoms with Gasteiger partial charge in [-0.1, -0.05) is 0 Å². The molecule has 0 aliphatic carbocycles. The highest BCUT2D eigenvalue weighted by atomic mass is 19.4. The Kier molecular flexibility index (Phi) is 1.77. The van der Waals surface area contributed by atoms with Crippen molar-refractivity contribution in [2.75, 3.05) is 13.1 Å². The fourth-order valence-electron chi connectivity index (χ4n) is 0.502. The number of hydrogen-bond acceptors (Lipinski definition) is 1. The normalized spacial score (nSPS) is 19.9. The lowest BCUT2D eigenvalue weighted by atomic mass is 10.5. The Balaban J connectivity index is 2.76. The van der Waals surface area contributed by atoms with Crippen LogP contribution in [0.2, 0.25) is 0 Å². The van der Waals surface area contributed by atoms with Crippen LogP contribution in [0.4, 0.5) is 22.0 Å². The Morgan fingerprint density at radius 2 is 1.55 bits per heavy atom. The van der Waals surface area contributed by atoms with Crippen LogP contribution in [0.5, 0.6) is 0 Å². The highest BCUT2D eigenvalue weighted by molar-refractivity contribution is 5.08. The van der Waals surface area contributed by atoms with Gasteiger partial charge in [0.1, 0.15) is 0 Å². The number of rotatable bonds is 1. The van der Waals surface area contributed by atoms with Crippen LogP contribution in [0, 0.1) is 0 Å². The van der Waals surface area contributed by atoms with Crippen molar-refractivity contribution in [1.29, 1.82) is 0 Å². The van der Waals surface area contributed by atoms with Gasteiger partial charge in [0, 0.05) is 13.1 Å². The van der Waals surface area contributed by atoms with Crippen LogP contribution in [0.25, 0.3) is 0 Å². The standard InChI is InChI=1S/C5H4F5N/c6-3(5(8,9)10)4(7)11-1-2-11/h1-2H2. The van der Waals surface area contributed by atoms with Crippen molar-refractivity contribution in [2.24, 2.45) is 0 Å². The monoisotopic (exact) mass is 173 g/mol. The summed E-state index contributed by atoms with van der Waals surface area (Å²) in [5.41, 5.74) is 0. The average molecular weight is 173 g/mol. The summed E-state index contributed by atoms with van der Waals surface area (Å²) in [6.45, 7) is 0.296. The highest BCUT2D eigenvalue weighted by Gasteiger charge is 2.41. The lowest BCUT2D eigenvalue weighted by Crippen LogP contribution is -2.12. The summed E-state index contributed by atoms with van der Waals surface area (Å²) in [5.74, 6) is -4.45. The van der Waals surface area contributed by atoms with E-state index in [1.807, 2.05) is 0 Å². The summed E-state index contributed by atoms with van der Waals surface area (Å²) in [4.78, 5) is 0.656. The minimum Gasteiger partial charge on any atom is -0.343 e. The molecule has 6 heteroatoms. The van der Waals surface area contributed by atoms with Crippen molar-refractivity contribution < 1.29 is 22.0 Å². The second-order valence-corrected chi connectivity index (χ2v) is 2.09. The van der Waals surface area contributed by atoms with Gasteiger partial charge in [-0.15, -0.1) is 0 Å². The van der Waals surface area contributed by atoms with E-state index in [0.717, 1.165) is 0 Å². The minimum atomic E-state index is -5.20. The fraction of sp³-hybridized carbons (Fsp3) is 0.600. The topological polar surface area (TPSA) is 3.01 Å². The zero-order valence-corrected chi connectivity index (χ0v) is 5.25. The smallest absolute Gasteiger partial charge is 0.343 e. The maximum Gasteiger partial charge on any atom is 0.447 e. The van der Waals surface area contributed by atoms with Crippen LogP contribution >= 0.6 is 0 Å². The Morgan fingerprint density at radius 1 is 1.09 bits per heavy atom. The molecule has 0 saturated carbocycles. The first-order valence-electron chi connectivity index (χ1n) is 2.80. The van der Waals surface area contributed by atoms with Crippen LogP contribution in [0.1, 0.15) is 0 Å². The van der Waals surface area contributed by atoms with Crippen LogP contribution < -0.4 is 0 Å². The van der Waals surface area contributed by atoms with E-state index < -0.39 is 18.0 Å². The molecule has 0 aromatic heterocycles. The van der Waals surface area contributed by atoms with Crippen molar-refractivity contribution in [2.45, 2.75) is 6.18 Å². The van der Waals surface area contributed by atoms with E-state index in [1.54, 1.807) is 0 Å². The van der Waals surface area contributed by atoms with Crippen molar-refractivity contribution in [3.8, 4) is 0 Å². The van der Waals surface area contributed by atoms with Crippen molar-refractivity contribution in [3.63, 3.8) is 0 Å². The minimum absolute atomic E-state index is 0.148. The van der Waals surface area contributed by atoms with E-state index in [4.69, 9.17) is 0 Å². The first-order valence-corrected chi connectivity index (χ1v) is 2.80. The number of nitrogens with zero attached hydrogens (tertiary/aromatic N) is 1. The van der Waals surface area contributed by atoms with Gasteiger partial charge in [-0.3, -0.25) is 0 Å². The third-order valence-electron chi connectivity index (χ3n) is 1.15. The molecule has 0 aromatic carbocycles. The molecular weight excluding hydrogens is 169 g/mol. The summed E-state index contributed by atoms with van der Waals surface area (Å²) in [6, 6.07) is 0. The predicted molar refractivity (Wildman–Crippen MR) is 26.9 cm³/mol. The van der Waals surface area contributed by atoms with Gasteiger partial charge in [0.15, 0.2) is 0 Å². The van der Waals surface area contributed by atoms with Crippen LogP contribution in [-0.4, -0.2) is 24.2 Å². The fourth-order valence-corrected chi connectivity index (χ4v) is 0.502. The lowest BCUT2D eigenvalue weighted by Gasteiger charge is -2.04. The van der Waals surface area contributed by atoms with Gasteiger partial charge in [0.2, 0.25) is 5.95 Å². The SMILES string of the molecule is FC(=C(F)C(F)(F)F)N1CC1. The summed E-state index contributed by atoms with van der Waals surface area (Å²) < 4.78 is 58.3. The van der Waals surface area contributed by atoms with Crippen LogP contribution in [-0.2, 0) is 0 Å². The molecule has 1 heterocycles. The van der Waals surface area contributed by atoms with Gasteiger partial charge in [-0.25, -0.2) is 0 Å². The van der Waals surface area contributed by atoms with Gasteiger partial charge in [0.05, 0.1) is 0 Å². The average Bonchev–Trinajstić information content (AvgIpc) is 2.63. The largest absolute Gasteiger partial charge is 0.447 e. The van der Waals surface area contributed by atoms with Crippen molar-refractivity contribution in [1.82, 2.24) is 4.90 Å². The second-order valence-electron chi connectivity index (χ2n) is 2.09. The quantitative estimate of drug-likeness (QED) is 0.333. The third kappa shape index (κ3) is 1.81. The summed E-state index contributed by atoms with van der Waals surface area (Å²) >= 11 is 0. The van der Waals surface area contributed by atoms with E-state index in [-0.39, 0.29) is 13.1 Å². The van der Waals surface area contributed by atoms with E-state index in [2.05, 4.69) is 0 Å². The molecule has 0 aromatic rings. The van der Waals surface area contributed by atoms with E-state index in [1.165, 1.54) is 0 Å². The third-order valence-corrected chi connectivity index (χ3v) is 1.15. The predicted octanol–water partition coefficient (Wildman–Crippen LogP) is 1.97. The molecule has 0 N–H and O–H groups in total. The van der Waals surface area contributed by atoms with Gasteiger partial charge < -0.3 is 4.90 Å². The van der Waals surface area contributed by atoms with E-state index >= 15 is 0 Å². The lowest BCUT2D eigenvalue weighted by molar-refractivity contribution is -0.112. The number of allylic oxidation sites excluding steroid dienone is 1. The molecule has 1 aliphatic heterocycles. The maximum absolute atomic E-state index is 12.2. The summed E-state index contributed by atoms with van der Waals surface area (Å²) in [5, 5.41) is 0. The molecule has 11 heavy (non-hydrogen) atoms. The molecule has 0 unspecified atom stereocenters. The van der Waals surface area contributed by atoms with Gasteiger partial charge in [0.25, 0.3) is 5.83 Å². The van der Waals surface area contributed by atoms with Crippen LogP contribution in [0.3, 0.4) is 0 Å². The highest BCUT2D eigenvalue weighted by Crippen LogP contribution is 2.32. The number of halogens is 5. The van der Waals surface area contributed by atoms with Gasteiger partial charge in [-0.2, -0.15) is 22.0 Å². The molecular formula is C5H4F5N. The second kappa shape index (κ2) is 2.35. The van der Waals surface area contributed by atoms with E-state index in [9.17, 15) is 22.0 Å². The molecule has 0 bridgehead atoms. The Bertz CT molecular complexity index is 190. The van der Waals surface area contributed by atoms with Crippen LogP contribution in [0.15, 0.2) is 11.8 Å². The van der Waals surface area contributed by atoms with Gasteiger partial charge in [-0.05, 0) is 0 Å². The number of alkyl halides is 3. The summed E-state index contributed by atoms with van der Waals surface area (Å²) in [7, 11) is 0.